The number of hydrogen-bond acceptors (Lipinski definition) is 2. The fraction of sp³-hybridized carbons (Fsp3) is 0.250. The molecule has 0 amide bonds. The van der Waals surface area contributed by atoms with Crippen LogP contribution in [0.2, 0.25) is 0 Å². The van der Waals surface area contributed by atoms with Gasteiger partial charge < -0.3 is 4.84 Å². The predicted molar refractivity (Wildman–Crippen MR) is 24.7 cm³/mol. The molecular formula is C4H5FNO. The minimum Gasteiger partial charge on any atom is -0.389 e. The van der Waals surface area contributed by atoms with E-state index in [2.05, 4.69) is 16.6 Å². The highest BCUT2D eigenvalue weighted by Gasteiger charge is 1.68. The van der Waals surface area contributed by atoms with Crippen LogP contribution in [0.3, 0.4) is 0 Å². The summed E-state index contributed by atoms with van der Waals surface area (Å²) in [6.45, 7) is 4.47. The smallest absolute Gasteiger partial charge is 0.307 e. The molecule has 0 fully saturated rings. The molecule has 2 nitrogen and oxygen atoms in total. The Kier molecular flexibility index (Phi) is 4.51. The summed E-state index contributed by atoms with van der Waals surface area (Å²) in [6, 6.07) is 0. The molecule has 0 unspecified atom stereocenters. The van der Waals surface area contributed by atoms with Crippen LogP contribution >= 0.6 is 0 Å². The maximum atomic E-state index is 10.7. The van der Waals surface area contributed by atoms with Crippen molar-refractivity contribution in [2.45, 2.75) is 0 Å². The normalized spacial score (nSPS) is 9.29. The van der Waals surface area contributed by atoms with Gasteiger partial charge in [0.1, 0.15) is 6.61 Å². The van der Waals surface area contributed by atoms with Crippen molar-refractivity contribution in [1.82, 2.24) is 0 Å². The Morgan fingerprint density at radius 2 is 2.71 bits per heavy atom. The van der Waals surface area contributed by atoms with Gasteiger partial charge in [-0.25, -0.2) is 0 Å². The average molecular weight is 102 g/mol. The van der Waals surface area contributed by atoms with Crippen LogP contribution < -0.4 is 0 Å². The summed E-state index contributed by atoms with van der Waals surface area (Å²) in [4.78, 5) is 4.15. The Labute approximate surface area is 41.3 Å². The van der Waals surface area contributed by atoms with Gasteiger partial charge in [0, 0.05) is 0 Å². The second-order valence-electron chi connectivity index (χ2n) is 0.760. The quantitative estimate of drug-likeness (QED) is 0.225. The lowest BCUT2D eigenvalue weighted by atomic mass is 10.7. The van der Waals surface area contributed by atoms with Crippen molar-refractivity contribution in [3.63, 3.8) is 0 Å². The van der Waals surface area contributed by atoms with Gasteiger partial charge >= 0.3 is 6.47 Å². The zero-order valence-electron chi connectivity index (χ0n) is 3.72. The van der Waals surface area contributed by atoms with E-state index in [1.165, 1.54) is 6.08 Å². The van der Waals surface area contributed by atoms with E-state index in [-0.39, 0.29) is 6.61 Å². The first-order valence-electron chi connectivity index (χ1n) is 1.70. The lowest BCUT2D eigenvalue weighted by Gasteiger charge is -1.84. The van der Waals surface area contributed by atoms with Crippen molar-refractivity contribution >= 4 is 6.47 Å². The first kappa shape index (κ1) is 6.14. The second kappa shape index (κ2) is 5.14. The minimum atomic E-state index is 0.219. The van der Waals surface area contributed by atoms with Gasteiger partial charge in [-0.2, -0.15) is 4.39 Å². The van der Waals surface area contributed by atoms with Crippen molar-refractivity contribution in [2.75, 3.05) is 6.61 Å². The van der Waals surface area contributed by atoms with E-state index in [0.717, 1.165) is 6.47 Å². The van der Waals surface area contributed by atoms with Crippen LogP contribution in [0.25, 0.3) is 0 Å². The Balaban J connectivity index is 2.82. The molecule has 0 spiro atoms. The molecule has 0 aromatic rings. The molecule has 0 N–H and O–H groups in total. The molecule has 39 valence electrons. The Hall–Kier alpha value is -0.860. The summed E-state index contributed by atoms with van der Waals surface area (Å²) in [7, 11) is 0. The topological polar surface area (TPSA) is 21.6 Å². The number of halogens is 1. The van der Waals surface area contributed by atoms with E-state index in [0.29, 0.717) is 0 Å². The van der Waals surface area contributed by atoms with Crippen LogP contribution in [0.1, 0.15) is 0 Å². The van der Waals surface area contributed by atoms with E-state index >= 15 is 0 Å². The number of rotatable bonds is 3. The Bertz CT molecular complexity index is 72.1. The predicted octanol–water partition coefficient (Wildman–Crippen LogP) is 0.979. The number of hydrogen-bond donors (Lipinski definition) is 0. The van der Waals surface area contributed by atoms with Crippen molar-refractivity contribution < 1.29 is 9.23 Å². The van der Waals surface area contributed by atoms with Crippen LogP contribution in [0.5, 0.6) is 0 Å². The highest BCUT2D eigenvalue weighted by atomic mass is 19.1. The van der Waals surface area contributed by atoms with Gasteiger partial charge in [0.2, 0.25) is 0 Å². The fourth-order valence-electron chi connectivity index (χ4n) is 0.114. The standard InChI is InChI=1S/C4H5FNO/c1-2-3-7-6-4-5/h2H,1,3H2. The van der Waals surface area contributed by atoms with Gasteiger partial charge in [0.15, 0.2) is 0 Å². The maximum absolute atomic E-state index is 10.7. The number of nitrogens with zero attached hydrogens (tertiary/aromatic N) is 1. The van der Waals surface area contributed by atoms with Crippen LogP contribution in [0.4, 0.5) is 4.39 Å². The van der Waals surface area contributed by atoms with Gasteiger partial charge in [-0.1, -0.05) is 12.7 Å². The molecule has 0 heterocycles. The van der Waals surface area contributed by atoms with Gasteiger partial charge in [-0.15, -0.1) is 0 Å². The molecule has 0 aromatic heterocycles. The first-order chi connectivity index (χ1) is 3.41. The van der Waals surface area contributed by atoms with Crippen molar-refractivity contribution in [2.24, 2.45) is 5.16 Å². The van der Waals surface area contributed by atoms with E-state index in [9.17, 15) is 4.39 Å². The summed E-state index contributed by atoms with van der Waals surface area (Å²) >= 11 is 0. The molecule has 0 aliphatic rings. The van der Waals surface area contributed by atoms with Crippen LogP contribution in [0.15, 0.2) is 17.8 Å². The Morgan fingerprint density at radius 3 is 3.14 bits per heavy atom. The molecule has 7 heavy (non-hydrogen) atoms. The third kappa shape index (κ3) is 5.14. The monoisotopic (exact) mass is 102 g/mol. The molecule has 0 saturated heterocycles. The SMILES string of the molecule is C=CCO/N=[C]\F. The van der Waals surface area contributed by atoms with E-state index < -0.39 is 0 Å². The molecule has 0 aromatic carbocycles. The lowest BCUT2D eigenvalue weighted by Crippen LogP contribution is -1.77. The molecule has 0 bridgehead atoms. The molecule has 3 heteroatoms. The zero-order valence-corrected chi connectivity index (χ0v) is 3.72. The van der Waals surface area contributed by atoms with E-state index in [4.69, 9.17) is 0 Å². The second-order valence-corrected chi connectivity index (χ2v) is 0.760. The molecule has 0 rings (SSSR count). The summed E-state index contributed by atoms with van der Waals surface area (Å²) < 4.78 is 10.7. The van der Waals surface area contributed by atoms with Crippen molar-refractivity contribution in [1.29, 1.82) is 0 Å². The largest absolute Gasteiger partial charge is 0.389 e. The molecule has 0 saturated carbocycles. The zero-order chi connectivity index (χ0) is 5.54. The lowest BCUT2D eigenvalue weighted by molar-refractivity contribution is 0.173. The van der Waals surface area contributed by atoms with Crippen LogP contribution in [-0.2, 0) is 4.84 Å². The van der Waals surface area contributed by atoms with Crippen LogP contribution in [0, 0.1) is 0 Å². The van der Waals surface area contributed by atoms with Gasteiger partial charge in [0.05, 0.1) is 0 Å². The first-order valence-corrected chi connectivity index (χ1v) is 1.70. The molecule has 1 radical (unpaired) electrons. The molecular weight excluding hydrogens is 97.0 g/mol. The van der Waals surface area contributed by atoms with E-state index in [1.54, 1.807) is 0 Å². The highest BCUT2D eigenvalue weighted by Crippen LogP contribution is 1.72. The summed E-state index contributed by atoms with van der Waals surface area (Å²) in [5.41, 5.74) is 0. The summed E-state index contributed by atoms with van der Waals surface area (Å²) in [5, 5.41) is 2.67. The van der Waals surface area contributed by atoms with Crippen LogP contribution in [-0.4, -0.2) is 13.1 Å². The third-order valence-electron chi connectivity index (χ3n) is 0.291. The third-order valence-corrected chi connectivity index (χ3v) is 0.291. The molecule has 0 aliphatic carbocycles. The minimum absolute atomic E-state index is 0.219. The van der Waals surface area contributed by atoms with Gasteiger partial charge in [0.25, 0.3) is 0 Å². The van der Waals surface area contributed by atoms with Crippen molar-refractivity contribution in [3.8, 4) is 0 Å². The average Bonchev–Trinajstić information content (AvgIpc) is 1.69. The van der Waals surface area contributed by atoms with Gasteiger partial charge in [-0.05, 0) is 5.16 Å². The Morgan fingerprint density at radius 1 is 2.00 bits per heavy atom. The van der Waals surface area contributed by atoms with E-state index in [1.807, 2.05) is 0 Å². The summed E-state index contributed by atoms with van der Waals surface area (Å²) in [6.07, 6.45) is 1.46. The highest BCUT2D eigenvalue weighted by molar-refractivity contribution is 5.42. The molecule has 0 aliphatic heterocycles. The molecule has 0 atom stereocenters. The van der Waals surface area contributed by atoms with Crippen molar-refractivity contribution in [3.05, 3.63) is 12.7 Å². The van der Waals surface area contributed by atoms with Gasteiger partial charge in [-0.3, -0.25) is 0 Å². The summed E-state index contributed by atoms with van der Waals surface area (Å²) in [5.74, 6) is 0. The fourth-order valence-corrected chi connectivity index (χ4v) is 0.114. The maximum Gasteiger partial charge on any atom is 0.307 e.